The van der Waals surface area contributed by atoms with Gasteiger partial charge in [0.15, 0.2) is 0 Å². The Labute approximate surface area is 136 Å². The molecule has 2 N–H and O–H groups in total. The lowest BCUT2D eigenvalue weighted by atomic mass is 9.73. The van der Waals surface area contributed by atoms with Crippen LogP contribution in [0.25, 0.3) is 0 Å². The second kappa shape index (κ2) is 4.89. The van der Waals surface area contributed by atoms with Crippen molar-refractivity contribution in [2.24, 2.45) is 0 Å². The van der Waals surface area contributed by atoms with E-state index in [2.05, 4.69) is 26.6 Å². The molecule has 1 saturated heterocycles. The molecule has 1 amide bonds. The summed E-state index contributed by atoms with van der Waals surface area (Å²) in [5.74, 6) is -0.281. The first kappa shape index (κ1) is 13.9. The van der Waals surface area contributed by atoms with Crippen LogP contribution in [0.2, 0.25) is 0 Å². The second-order valence-electron chi connectivity index (χ2n) is 5.78. The zero-order valence-corrected chi connectivity index (χ0v) is 13.3. The topological polar surface area (TPSA) is 41.1 Å². The molecule has 2 aliphatic heterocycles. The van der Waals surface area contributed by atoms with Gasteiger partial charge in [-0.3, -0.25) is 4.79 Å². The Kier molecular flexibility index (Phi) is 3.09. The SMILES string of the molecule is O=C1Nc2ccccc2C12CCNC2c1ccc(F)c(Br)c1. The number of para-hydroxylation sites is 1. The molecule has 2 aliphatic rings. The number of benzene rings is 2. The lowest BCUT2D eigenvalue weighted by Gasteiger charge is -2.29. The molecule has 1 spiro atoms. The van der Waals surface area contributed by atoms with Gasteiger partial charge in [0.1, 0.15) is 5.82 Å². The van der Waals surface area contributed by atoms with Crippen LogP contribution in [0.3, 0.4) is 0 Å². The molecule has 0 bridgehead atoms. The van der Waals surface area contributed by atoms with E-state index in [-0.39, 0.29) is 17.8 Å². The van der Waals surface area contributed by atoms with Gasteiger partial charge in [0.2, 0.25) is 5.91 Å². The average molecular weight is 361 g/mol. The van der Waals surface area contributed by atoms with Crippen molar-refractivity contribution in [3.63, 3.8) is 0 Å². The molecule has 4 rings (SSSR count). The Morgan fingerprint density at radius 1 is 1.23 bits per heavy atom. The van der Waals surface area contributed by atoms with Crippen molar-refractivity contribution in [3.8, 4) is 0 Å². The molecule has 2 unspecified atom stereocenters. The fourth-order valence-electron chi connectivity index (χ4n) is 3.70. The van der Waals surface area contributed by atoms with Gasteiger partial charge in [-0.05, 0) is 58.2 Å². The van der Waals surface area contributed by atoms with Crippen LogP contribution in [0.5, 0.6) is 0 Å². The minimum Gasteiger partial charge on any atom is -0.325 e. The van der Waals surface area contributed by atoms with Gasteiger partial charge in [-0.2, -0.15) is 0 Å². The van der Waals surface area contributed by atoms with Gasteiger partial charge in [0.05, 0.1) is 15.9 Å². The largest absolute Gasteiger partial charge is 0.325 e. The van der Waals surface area contributed by atoms with E-state index in [4.69, 9.17) is 0 Å². The first-order valence-electron chi connectivity index (χ1n) is 7.22. The first-order chi connectivity index (χ1) is 10.6. The number of rotatable bonds is 1. The van der Waals surface area contributed by atoms with Gasteiger partial charge >= 0.3 is 0 Å². The summed E-state index contributed by atoms with van der Waals surface area (Å²) in [6.45, 7) is 0.751. The van der Waals surface area contributed by atoms with E-state index >= 15 is 0 Å². The van der Waals surface area contributed by atoms with E-state index in [0.717, 1.165) is 29.8 Å². The fraction of sp³-hybridized carbons (Fsp3) is 0.235. The molecular formula is C17H14BrFN2O. The van der Waals surface area contributed by atoms with Crippen molar-refractivity contribution in [2.75, 3.05) is 11.9 Å². The van der Waals surface area contributed by atoms with Crippen LogP contribution in [-0.4, -0.2) is 12.5 Å². The molecule has 112 valence electrons. The summed E-state index contributed by atoms with van der Waals surface area (Å²) >= 11 is 3.23. The van der Waals surface area contributed by atoms with Crippen molar-refractivity contribution in [2.45, 2.75) is 17.9 Å². The number of amides is 1. The molecule has 1 fully saturated rings. The molecule has 3 nitrogen and oxygen atoms in total. The van der Waals surface area contributed by atoms with Crippen LogP contribution in [0.15, 0.2) is 46.9 Å². The highest BCUT2D eigenvalue weighted by atomic mass is 79.9. The zero-order chi connectivity index (χ0) is 15.3. The lowest BCUT2D eigenvalue weighted by Crippen LogP contribution is -2.39. The maximum absolute atomic E-state index is 13.5. The Hall–Kier alpha value is -1.72. The van der Waals surface area contributed by atoms with Crippen molar-refractivity contribution in [3.05, 3.63) is 63.9 Å². The number of fused-ring (bicyclic) bond motifs is 2. The summed E-state index contributed by atoms with van der Waals surface area (Å²) in [5, 5.41) is 6.41. The molecule has 0 aromatic heterocycles. The van der Waals surface area contributed by atoms with Gasteiger partial charge in [-0.15, -0.1) is 0 Å². The molecule has 0 saturated carbocycles. The highest BCUT2D eigenvalue weighted by molar-refractivity contribution is 9.10. The summed E-state index contributed by atoms with van der Waals surface area (Å²) in [5.41, 5.74) is 2.20. The molecule has 2 aromatic carbocycles. The number of hydrogen-bond acceptors (Lipinski definition) is 2. The number of carbonyl (C=O) groups is 1. The predicted molar refractivity (Wildman–Crippen MR) is 86.2 cm³/mol. The van der Waals surface area contributed by atoms with Crippen LogP contribution >= 0.6 is 15.9 Å². The van der Waals surface area contributed by atoms with E-state index in [0.29, 0.717) is 4.47 Å². The Bertz CT molecular complexity index is 779. The third kappa shape index (κ3) is 1.79. The third-order valence-electron chi connectivity index (χ3n) is 4.70. The van der Waals surface area contributed by atoms with Crippen LogP contribution < -0.4 is 10.6 Å². The number of anilines is 1. The molecule has 2 heterocycles. The van der Waals surface area contributed by atoms with E-state index in [1.54, 1.807) is 12.1 Å². The van der Waals surface area contributed by atoms with Crippen LogP contribution in [0, 0.1) is 5.82 Å². The van der Waals surface area contributed by atoms with Gasteiger partial charge in [-0.1, -0.05) is 24.3 Å². The quantitative estimate of drug-likeness (QED) is 0.816. The van der Waals surface area contributed by atoms with Crippen LogP contribution in [0.1, 0.15) is 23.6 Å². The molecule has 0 aliphatic carbocycles. The average Bonchev–Trinajstić information content (AvgIpc) is 3.07. The molecule has 2 aromatic rings. The Balaban J connectivity index is 1.87. The second-order valence-corrected chi connectivity index (χ2v) is 6.64. The minimum absolute atomic E-state index is 0.0177. The summed E-state index contributed by atoms with van der Waals surface area (Å²) in [6.07, 6.45) is 0.732. The summed E-state index contributed by atoms with van der Waals surface area (Å²) in [4.78, 5) is 12.8. The van der Waals surface area contributed by atoms with Gasteiger partial charge in [0.25, 0.3) is 0 Å². The number of halogens is 2. The number of nitrogens with one attached hydrogen (secondary N) is 2. The van der Waals surface area contributed by atoms with E-state index in [1.807, 2.05) is 24.3 Å². The van der Waals surface area contributed by atoms with E-state index in [9.17, 15) is 9.18 Å². The minimum atomic E-state index is -0.617. The summed E-state index contributed by atoms with van der Waals surface area (Å²) in [7, 11) is 0. The lowest BCUT2D eigenvalue weighted by molar-refractivity contribution is -0.121. The maximum atomic E-state index is 13.5. The first-order valence-corrected chi connectivity index (χ1v) is 8.01. The third-order valence-corrected chi connectivity index (χ3v) is 5.31. The Morgan fingerprint density at radius 3 is 2.86 bits per heavy atom. The highest BCUT2D eigenvalue weighted by Gasteiger charge is 2.55. The summed E-state index contributed by atoms with van der Waals surface area (Å²) in [6, 6.07) is 12.6. The van der Waals surface area contributed by atoms with Crippen molar-refractivity contribution >= 4 is 27.5 Å². The maximum Gasteiger partial charge on any atom is 0.237 e. The van der Waals surface area contributed by atoms with Gasteiger partial charge in [-0.25, -0.2) is 4.39 Å². The number of carbonyl (C=O) groups excluding carboxylic acids is 1. The van der Waals surface area contributed by atoms with Gasteiger partial charge < -0.3 is 10.6 Å². The van der Waals surface area contributed by atoms with Crippen LogP contribution in [-0.2, 0) is 10.2 Å². The molecule has 2 atom stereocenters. The molecule has 22 heavy (non-hydrogen) atoms. The zero-order valence-electron chi connectivity index (χ0n) is 11.7. The van der Waals surface area contributed by atoms with Crippen LogP contribution in [0.4, 0.5) is 10.1 Å². The standard InChI is InChI=1S/C17H14BrFN2O/c18-12-9-10(5-6-13(12)19)15-17(7-8-20-15)11-3-1-2-4-14(11)21-16(17)22/h1-6,9,15,20H,7-8H2,(H,21,22). The van der Waals surface area contributed by atoms with Crippen molar-refractivity contribution < 1.29 is 9.18 Å². The van der Waals surface area contributed by atoms with E-state index in [1.165, 1.54) is 6.07 Å². The highest BCUT2D eigenvalue weighted by Crippen LogP contribution is 2.51. The number of hydrogen-bond donors (Lipinski definition) is 2. The normalized spacial score (nSPS) is 26.3. The van der Waals surface area contributed by atoms with Crippen molar-refractivity contribution in [1.29, 1.82) is 0 Å². The van der Waals surface area contributed by atoms with Gasteiger partial charge in [0, 0.05) is 5.69 Å². The van der Waals surface area contributed by atoms with E-state index < -0.39 is 5.41 Å². The smallest absolute Gasteiger partial charge is 0.237 e. The molecular weight excluding hydrogens is 347 g/mol. The fourth-order valence-corrected chi connectivity index (χ4v) is 4.10. The monoisotopic (exact) mass is 360 g/mol. The molecule has 5 heteroatoms. The summed E-state index contributed by atoms with van der Waals surface area (Å²) < 4.78 is 13.9. The molecule has 0 radical (unpaired) electrons. The van der Waals surface area contributed by atoms with Crippen molar-refractivity contribution in [1.82, 2.24) is 5.32 Å². The predicted octanol–water partition coefficient (Wildman–Crippen LogP) is 3.51. The Morgan fingerprint density at radius 2 is 2.05 bits per heavy atom.